The van der Waals surface area contributed by atoms with Crippen LogP contribution in [0.25, 0.3) is 16.9 Å². The molecule has 2 saturated heterocycles. The van der Waals surface area contributed by atoms with E-state index in [-0.39, 0.29) is 17.7 Å². The molecule has 1 aliphatic carbocycles. The molecular weight excluding hydrogens is 385 g/mol. The number of alkyl halides is 1. The highest BCUT2D eigenvalue weighted by Gasteiger charge is 2.48. The van der Waals surface area contributed by atoms with Gasteiger partial charge in [-0.25, -0.2) is 9.37 Å². The predicted octanol–water partition coefficient (Wildman–Crippen LogP) is 3.15. The number of hydrogen-bond donors (Lipinski definition) is 1. The van der Waals surface area contributed by atoms with Crippen molar-refractivity contribution in [2.45, 2.75) is 38.1 Å². The topological polar surface area (TPSA) is 76.3 Å². The Balaban J connectivity index is 1.33. The van der Waals surface area contributed by atoms with Gasteiger partial charge in [0.2, 0.25) is 5.88 Å². The summed E-state index contributed by atoms with van der Waals surface area (Å²) in [5.41, 5.74) is 2.79. The molecule has 3 fully saturated rings. The van der Waals surface area contributed by atoms with Crippen LogP contribution in [0.4, 0.5) is 4.39 Å². The monoisotopic (exact) mass is 409 g/mol. The lowest BCUT2D eigenvalue weighted by Gasteiger charge is -2.49. The number of aromatic nitrogens is 4. The Labute approximate surface area is 174 Å². The lowest BCUT2D eigenvalue weighted by Crippen LogP contribution is -2.61. The van der Waals surface area contributed by atoms with Gasteiger partial charge in [0, 0.05) is 42.4 Å². The molecular formula is C22H24FN5O2. The zero-order valence-corrected chi connectivity index (χ0v) is 16.9. The Morgan fingerprint density at radius 1 is 1.17 bits per heavy atom. The van der Waals surface area contributed by atoms with Gasteiger partial charge in [0.1, 0.15) is 11.9 Å². The molecule has 0 spiro atoms. The summed E-state index contributed by atoms with van der Waals surface area (Å²) in [6.45, 7) is 2.75. The molecule has 2 unspecified atom stereocenters. The highest BCUT2D eigenvalue weighted by Crippen LogP contribution is 2.38. The number of halogens is 1. The van der Waals surface area contributed by atoms with Gasteiger partial charge in [0.25, 0.3) is 0 Å². The van der Waals surface area contributed by atoms with Gasteiger partial charge in [0.05, 0.1) is 23.4 Å². The van der Waals surface area contributed by atoms with Crippen LogP contribution >= 0.6 is 0 Å². The van der Waals surface area contributed by atoms with Gasteiger partial charge >= 0.3 is 0 Å². The number of aryl methyl sites for hydroxylation is 1. The zero-order chi connectivity index (χ0) is 20.8. The molecule has 2 aromatic heterocycles. The molecule has 4 heterocycles. The number of aromatic hydroxyl groups is 1. The Bertz CT molecular complexity index is 1050. The van der Waals surface area contributed by atoms with Crippen molar-refractivity contribution in [3.05, 3.63) is 48.5 Å². The second kappa shape index (κ2) is 7.36. The molecule has 30 heavy (non-hydrogen) atoms. The van der Waals surface area contributed by atoms with E-state index in [0.717, 1.165) is 30.8 Å². The molecule has 156 valence electrons. The highest BCUT2D eigenvalue weighted by molar-refractivity contribution is 5.68. The molecule has 8 heteroatoms. The average Bonchev–Trinajstić information content (AvgIpc) is 3.17. The summed E-state index contributed by atoms with van der Waals surface area (Å²) >= 11 is 0. The average molecular weight is 409 g/mol. The number of hydrogen-bond acceptors (Lipinski definition) is 6. The number of phenols is 1. The van der Waals surface area contributed by atoms with Crippen LogP contribution in [0.5, 0.6) is 11.6 Å². The quantitative estimate of drug-likeness (QED) is 0.713. The first-order valence-corrected chi connectivity index (χ1v) is 10.2. The van der Waals surface area contributed by atoms with Crippen molar-refractivity contribution >= 4 is 0 Å². The van der Waals surface area contributed by atoms with Crippen molar-refractivity contribution in [1.29, 1.82) is 0 Å². The highest BCUT2D eigenvalue weighted by atomic mass is 19.1. The SMILES string of the molecule is Cc1cn(-c2ccc(-c3ccc(O[C@H]4C5CCC([C@@H]4F)N(C)C5)nn3)c(O)c2)cn1. The van der Waals surface area contributed by atoms with Crippen LogP contribution in [0.2, 0.25) is 0 Å². The van der Waals surface area contributed by atoms with E-state index in [1.54, 1.807) is 30.6 Å². The van der Waals surface area contributed by atoms with Gasteiger partial charge in [-0.1, -0.05) is 0 Å². The standard InChI is InChI=1S/C22H24FN5O2/c1-13-10-28(12-24-13)15-4-5-16(19(29)9-15)17-6-8-20(26-25-17)30-22-14-3-7-18(21(22)23)27(2)11-14/h4-6,8-10,12,14,18,21-22,29H,3,7,11H2,1-2H3/t14?,18?,21-,22-/m0/s1. The van der Waals surface area contributed by atoms with Gasteiger partial charge in [0.15, 0.2) is 6.17 Å². The van der Waals surface area contributed by atoms with E-state index in [4.69, 9.17) is 4.74 Å². The number of fused-ring (bicyclic) bond motifs is 3. The van der Waals surface area contributed by atoms with E-state index in [2.05, 4.69) is 20.1 Å². The van der Waals surface area contributed by atoms with Crippen LogP contribution in [0.15, 0.2) is 42.9 Å². The van der Waals surface area contributed by atoms with E-state index in [1.807, 2.05) is 30.8 Å². The maximum absolute atomic E-state index is 14.8. The lowest BCUT2D eigenvalue weighted by molar-refractivity contribution is -0.0891. The second-order valence-corrected chi connectivity index (χ2v) is 8.25. The van der Waals surface area contributed by atoms with Crippen LogP contribution in [-0.2, 0) is 0 Å². The predicted molar refractivity (Wildman–Crippen MR) is 109 cm³/mol. The number of piperidine rings is 2. The largest absolute Gasteiger partial charge is 0.507 e. The van der Waals surface area contributed by atoms with E-state index in [9.17, 15) is 9.50 Å². The maximum Gasteiger partial charge on any atom is 0.233 e. The summed E-state index contributed by atoms with van der Waals surface area (Å²) < 4.78 is 22.5. The lowest BCUT2D eigenvalue weighted by atomic mass is 9.76. The maximum atomic E-state index is 14.8. The molecule has 0 amide bonds. The fourth-order valence-electron chi connectivity index (χ4n) is 4.64. The number of imidazole rings is 1. The molecule has 7 nitrogen and oxygen atoms in total. The van der Waals surface area contributed by atoms with Gasteiger partial charge in [-0.2, -0.15) is 0 Å². The van der Waals surface area contributed by atoms with Crippen molar-refractivity contribution in [1.82, 2.24) is 24.6 Å². The molecule has 1 N–H and O–H groups in total. The third-order valence-corrected chi connectivity index (χ3v) is 6.23. The van der Waals surface area contributed by atoms with Crippen molar-refractivity contribution in [2.24, 2.45) is 5.92 Å². The van der Waals surface area contributed by atoms with E-state index in [0.29, 0.717) is 17.1 Å². The van der Waals surface area contributed by atoms with Gasteiger partial charge in [-0.3, -0.25) is 4.90 Å². The number of ether oxygens (including phenoxy) is 1. The Kier molecular flexibility index (Phi) is 4.66. The summed E-state index contributed by atoms with van der Waals surface area (Å²) in [7, 11) is 1.97. The minimum absolute atomic E-state index is 0.0815. The van der Waals surface area contributed by atoms with Crippen LogP contribution < -0.4 is 4.74 Å². The first-order valence-electron chi connectivity index (χ1n) is 10.2. The Morgan fingerprint density at radius 3 is 2.67 bits per heavy atom. The summed E-state index contributed by atoms with van der Waals surface area (Å²) in [4.78, 5) is 6.29. The summed E-state index contributed by atoms with van der Waals surface area (Å²) in [5, 5.41) is 18.8. The summed E-state index contributed by atoms with van der Waals surface area (Å²) in [5.74, 6) is 0.574. The smallest absolute Gasteiger partial charge is 0.233 e. The number of benzene rings is 1. The summed E-state index contributed by atoms with van der Waals surface area (Å²) in [6, 6.07) is 8.67. The molecule has 3 aliphatic rings. The molecule has 4 atom stereocenters. The first kappa shape index (κ1) is 19.0. The number of phenolic OH excluding ortho intramolecular Hbond substituents is 1. The number of rotatable bonds is 4. The fourth-order valence-corrected chi connectivity index (χ4v) is 4.64. The zero-order valence-electron chi connectivity index (χ0n) is 16.9. The molecule has 2 bridgehead atoms. The van der Waals surface area contributed by atoms with Crippen molar-refractivity contribution in [3.63, 3.8) is 0 Å². The van der Waals surface area contributed by atoms with Gasteiger partial charge in [-0.05, 0) is 45.0 Å². The molecule has 2 aliphatic heterocycles. The van der Waals surface area contributed by atoms with E-state index >= 15 is 0 Å². The fraction of sp³-hybridized carbons (Fsp3) is 0.409. The van der Waals surface area contributed by atoms with Crippen LogP contribution in [0.3, 0.4) is 0 Å². The minimum Gasteiger partial charge on any atom is -0.507 e. The van der Waals surface area contributed by atoms with E-state index in [1.165, 1.54) is 0 Å². The Hall–Kier alpha value is -3.00. The third-order valence-electron chi connectivity index (χ3n) is 6.23. The van der Waals surface area contributed by atoms with Crippen molar-refractivity contribution in [2.75, 3.05) is 13.6 Å². The van der Waals surface area contributed by atoms with E-state index < -0.39 is 12.3 Å². The Morgan fingerprint density at radius 2 is 2.03 bits per heavy atom. The molecule has 6 rings (SSSR count). The van der Waals surface area contributed by atoms with Gasteiger partial charge in [-0.15, -0.1) is 10.2 Å². The van der Waals surface area contributed by atoms with Gasteiger partial charge < -0.3 is 14.4 Å². The second-order valence-electron chi connectivity index (χ2n) is 8.25. The summed E-state index contributed by atoms with van der Waals surface area (Å²) in [6.07, 6.45) is 3.93. The van der Waals surface area contributed by atoms with Crippen molar-refractivity contribution in [3.8, 4) is 28.6 Å². The molecule has 3 aromatic rings. The number of nitrogens with zero attached hydrogens (tertiary/aromatic N) is 5. The normalized spacial score (nSPS) is 26.1. The van der Waals surface area contributed by atoms with Crippen molar-refractivity contribution < 1.29 is 14.2 Å². The van der Waals surface area contributed by atoms with Crippen LogP contribution in [0, 0.1) is 12.8 Å². The van der Waals surface area contributed by atoms with Crippen LogP contribution in [-0.4, -0.2) is 61.7 Å². The van der Waals surface area contributed by atoms with Crippen LogP contribution in [0.1, 0.15) is 18.5 Å². The molecule has 0 radical (unpaired) electrons. The molecule has 1 aromatic carbocycles. The third kappa shape index (κ3) is 3.31. The molecule has 1 saturated carbocycles. The minimum atomic E-state index is -1.02. The first-order chi connectivity index (χ1) is 14.5.